The van der Waals surface area contributed by atoms with Crippen LogP contribution in [-0.4, -0.2) is 44.4 Å². The lowest BCUT2D eigenvalue weighted by atomic mass is 10.2. The molecule has 172 valence electrons. The fourth-order valence-corrected chi connectivity index (χ4v) is 3.72. The van der Waals surface area contributed by atoms with E-state index in [9.17, 15) is 19.7 Å². The first-order valence-electron chi connectivity index (χ1n) is 9.92. The van der Waals surface area contributed by atoms with Crippen molar-refractivity contribution in [2.45, 2.75) is 25.2 Å². The van der Waals surface area contributed by atoms with Gasteiger partial charge in [0.15, 0.2) is 11.0 Å². The monoisotopic (exact) mass is 470 g/mol. The Kier molecular flexibility index (Phi) is 7.97. The molecule has 33 heavy (non-hydrogen) atoms. The number of carbonyl (C=O) groups is 2. The molecule has 2 N–H and O–H groups in total. The van der Waals surface area contributed by atoms with Gasteiger partial charge in [-0.05, 0) is 37.3 Å². The highest BCUT2D eigenvalue weighted by Gasteiger charge is 2.16. The average Bonchev–Trinajstić information content (AvgIpc) is 3.23. The second-order valence-electron chi connectivity index (χ2n) is 6.70. The van der Waals surface area contributed by atoms with Gasteiger partial charge in [0.05, 0.1) is 24.3 Å². The Hall–Kier alpha value is -3.93. The number of nitro benzene ring substituents is 1. The van der Waals surface area contributed by atoms with E-state index in [1.165, 1.54) is 36.0 Å². The Balaban J connectivity index is 1.56. The van der Waals surface area contributed by atoms with Gasteiger partial charge in [0.2, 0.25) is 5.91 Å². The Labute approximate surface area is 193 Å². The standard InChI is InChI=1S/C21H22N6O5S/c1-3-26-18(12-22-20(29)14-5-4-6-16(11-14)27(30)31)24-25-21(26)33-13-19(28)23-15-7-9-17(32-2)10-8-15/h4-11H,3,12-13H2,1-2H3,(H,22,29)(H,23,28). The lowest BCUT2D eigenvalue weighted by Gasteiger charge is -2.09. The quantitative estimate of drug-likeness (QED) is 0.262. The Morgan fingerprint density at radius 1 is 1.18 bits per heavy atom. The van der Waals surface area contributed by atoms with Gasteiger partial charge in [-0.25, -0.2) is 0 Å². The lowest BCUT2D eigenvalue weighted by molar-refractivity contribution is -0.384. The summed E-state index contributed by atoms with van der Waals surface area (Å²) in [6, 6.07) is 12.5. The number of ether oxygens (including phenoxy) is 1. The zero-order chi connectivity index (χ0) is 23.8. The number of nitrogens with zero attached hydrogens (tertiary/aromatic N) is 4. The van der Waals surface area contributed by atoms with Crippen LogP contribution < -0.4 is 15.4 Å². The molecule has 3 aromatic rings. The van der Waals surface area contributed by atoms with Crippen molar-refractivity contribution in [1.29, 1.82) is 0 Å². The van der Waals surface area contributed by atoms with E-state index in [2.05, 4.69) is 20.8 Å². The molecule has 1 aromatic heterocycles. The molecule has 0 atom stereocenters. The number of amides is 2. The summed E-state index contributed by atoms with van der Waals surface area (Å²) in [6.07, 6.45) is 0. The second kappa shape index (κ2) is 11.1. The third kappa shape index (κ3) is 6.29. The summed E-state index contributed by atoms with van der Waals surface area (Å²) in [6.45, 7) is 2.52. The molecule has 0 bridgehead atoms. The first-order valence-corrected chi connectivity index (χ1v) is 10.9. The van der Waals surface area contributed by atoms with Crippen molar-refractivity contribution in [2.75, 3.05) is 18.2 Å². The van der Waals surface area contributed by atoms with Crippen LogP contribution in [-0.2, 0) is 17.9 Å². The van der Waals surface area contributed by atoms with Crippen molar-refractivity contribution < 1.29 is 19.2 Å². The van der Waals surface area contributed by atoms with Crippen LogP contribution in [0.25, 0.3) is 0 Å². The minimum Gasteiger partial charge on any atom is -0.497 e. The summed E-state index contributed by atoms with van der Waals surface area (Å²) >= 11 is 1.23. The Bertz CT molecular complexity index is 1150. The van der Waals surface area contributed by atoms with E-state index in [0.29, 0.717) is 29.0 Å². The van der Waals surface area contributed by atoms with E-state index in [-0.39, 0.29) is 29.5 Å². The normalized spacial score (nSPS) is 10.5. The van der Waals surface area contributed by atoms with Crippen molar-refractivity contribution in [1.82, 2.24) is 20.1 Å². The number of thioether (sulfide) groups is 1. The summed E-state index contributed by atoms with van der Waals surface area (Å²) in [4.78, 5) is 35.0. The van der Waals surface area contributed by atoms with E-state index in [1.54, 1.807) is 35.9 Å². The number of anilines is 1. The maximum atomic E-state index is 12.4. The van der Waals surface area contributed by atoms with E-state index >= 15 is 0 Å². The number of non-ortho nitro benzene ring substituents is 1. The number of hydrogen-bond acceptors (Lipinski definition) is 8. The third-order valence-electron chi connectivity index (χ3n) is 4.54. The Morgan fingerprint density at radius 2 is 1.94 bits per heavy atom. The average molecular weight is 471 g/mol. The molecule has 11 nitrogen and oxygen atoms in total. The number of rotatable bonds is 10. The molecule has 0 aliphatic heterocycles. The molecule has 0 spiro atoms. The Morgan fingerprint density at radius 3 is 2.61 bits per heavy atom. The minimum atomic E-state index is -0.557. The van der Waals surface area contributed by atoms with Crippen molar-refractivity contribution in [3.8, 4) is 5.75 Å². The molecular weight excluding hydrogens is 448 g/mol. The molecule has 0 aliphatic carbocycles. The number of nitro groups is 1. The van der Waals surface area contributed by atoms with Gasteiger partial charge in [0, 0.05) is 29.9 Å². The number of hydrogen-bond donors (Lipinski definition) is 2. The summed E-state index contributed by atoms with van der Waals surface area (Å²) in [5.41, 5.74) is 0.672. The molecule has 0 saturated carbocycles. The third-order valence-corrected chi connectivity index (χ3v) is 5.51. The maximum Gasteiger partial charge on any atom is 0.270 e. The highest BCUT2D eigenvalue weighted by Crippen LogP contribution is 2.19. The lowest BCUT2D eigenvalue weighted by Crippen LogP contribution is -2.25. The van der Waals surface area contributed by atoms with E-state index in [0.717, 1.165) is 0 Å². The second-order valence-corrected chi connectivity index (χ2v) is 7.64. The van der Waals surface area contributed by atoms with Crippen molar-refractivity contribution in [3.63, 3.8) is 0 Å². The highest BCUT2D eigenvalue weighted by molar-refractivity contribution is 7.99. The van der Waals surface area contributed by atoms with Crippen molar-refractivity contribution in [3.05, 3.63) is 70.0 Å². The van der Waals surface area contributed by atoms with Crippen LogP contribution in [0.5, 0.6) is 5.75 Å². The number of benzene rings is 2. The topological polar surface area (TPSA) is 141 Å². The largest absolute Gasteiger partial charge is 0.497 e. The number of aromatic nitrogens is 3. The van der Waals surface area contributed by atoms with Gasteiger partial charge in [-0.2, -0.15) is 0 Å². The van der Waals surface area contributed by atoms with E-state index in [4.69, 9.17) is 4.74 Å². The van der Waals surface area contributed by atoms with Gasteiger partial charge in [0.25, 0.3) is 11.6 Å². The summed E-state index contributed by atoms with van der Waals surface area (Å²) in [5.74, 6) is 0.677. The van der Waals surface area contributed by atoms with Crippen LogP contribution in [0.3, 0.4) is 0 Å². The number of carbonyl (C=O) groups excluding carboxylic acids is 2. The van der Waals surface area contributed by atoms with Gasteiger partial charge in [-0.3, -0.25) is 19.7 Å². The van der Waals surface area contributed by atoms with Gasteiger partial charge in [-0.1, -0.05) is 17.8 Å². The fourth-order valence-electron chi connectivity index (χ4n) is 2.90. The smallest absolute Gasteiger partial charge is 0.270 e. The van der Waals surface area contributed by atoms with Gasteiger partial charge in [0.1, 0.15) is 5.75 Å². The zero-order valence-corrected chi connectivity index (χ0v) is 18.8. The molecule has 1 heterocycles. The van der Waals surface area contributed by atoms with Crippen LogP contribution in [0, 0.1) is 10.1 Å². The van der Waals surface area contributed by atoms with Gasteiger partial charge < -0.3 is 19.9 Å². The zero-order valence-electron chi connectivity index (χ0n) is 18.0. The fraction of sp³-hybridized carbons (Fsp3) is 0.238. The SMILES string of the molecule is CCn1c(CNC(=O)c2cccc([N+](=O)[O-])c2)nnc1SCC(=O)Nc1ccc(OC)cc1. The first-order chi connectivity index (χ1) is 15.9. The van der Waals surface area contributed by atoms with Crippen LogP contribution in [0.4, 0.5) is 11.4 Å². The number of nitrogens with one attached hydrogen (secondary N) is 2. The van der Waals surface area contributed by atoms with Gasteiger partial charge >= 0.3 is 0 Å². The molecule has 0 fully saturated rings. The van der Waals surface area contributed by atoms with E-state index < -0.39 is 10.8 Å². The predicted octanol–water partition coefficient (Wildman–Crippen LogP) is 2.88. The minimum absolute atomic E-state index is 0.0843. The maximum absolute atomic E-state index is 12.4. The summed E-state index contributed by atoms with van der Waals surface area (Å²) in [7, 11) is 1.57. The van der Waals surface area contributed by atoms with Crippen LogP contribution in [0.1, 0.15) is 23.1 Å². The molecule has 3 rings (SSSR count). The van der Waals surface area contributed by atoms with Crippen molar-refractivity contribution >= 4 is 35.0 Å². The molecule has 2 aromatic carbocycles. The predicted molar refractivity (Wildman–Crippen MR) is 122 cm³/mol. The number of methoxy groups -OCH3 is 1. The highest BCUT2D eigenvalue weighted by atomic mass is 32.2. The van der Waals surface area contributed by atoms with Crippen LogP contribution in [0.15, 0.2) is 53.7 Å². The molecule has 0 radical (unpaired) electrons. The summed E-state index contributed by atoms with van der Waals surface area (Å²) in [5, 5.41) is 25.2. The molecule has 0 aliphatic rings. The molecule has 2 amide bonds. The van der Waals surface area contributed by atoms with E-state index in [1.807, 2.05) is 6.92 Å². The first kappa shape index (κ1) is 23.7. The molecule has 12 heteroatoms. The van der Waals surface area contributed by atoms with Gasteiger partial charge in [-0.15, -0.1) is 10.2 Å². The summed E-state index contributed by atoms with van der Waals surface area (Å²) < 4.78 is 6.88. The molecule has 0 unspecified atom stereocenters. The van der Waals surface area contributed by atoms with Crippen LogP contribution in [0.2, 0.25) is 0 Å². The molecular formula is C21H22N6O5S. The van der Waals surface area contributed by atoms with Crippen LogP contribution >= 0.6 is 11.8 Å². The molecule has 0 saturated heterocycles. The van der Waals surface area contributed by atoms with Crippen molar-refractivity contribution in [2.24, 2.45) is 0 Å².